The van der Waals surface area contributed by atoms with Crippen molar-refractivity contribution in [2.45, 2.75) is 35.6 Å². The molecule has 5 rings (SSSR count). The standard InChI is InChI=1S/C26H23FN2O4S/c27-21-10-4-2-8-19(21)17-29-22-16-18(25(30)28-14-6-1-7-15-28)12-13-24(22)34(32,33)23-11-5-3-9-20(23)26(29)31/h2-5,8-13,16H,1,6-7,14-15,17H2. The molecule has 2 heterocycles. The van der Waals surface area contributed by atoms with Crippen LogP contribution >= 0.6 is 0 Å². The number of rotatable bonds is 3. The van der Waals surface area contributed by atoms with Crippen LogP contribution in [-0.4, -0.2) is 38.2 Å². The molecule has 8 heteroatoms. The monoisotopic (exact) mass is 478 g/mol. The van der Waals surface area contributed by atoms with Crippen molar-refractivity contribution in [2.24, 2.45) is 0 Å². The van der Waals surface area contributed by atoms with E-state index in [1.165, 1.54) is 41.3 Å². The third-order valence-electron chi connectivity index (χ3n) is 6.37. The van der Waals surface area contributed by atoms with E-state index in [2.05, 4.69) is 0 Å². The maximum atomic E-state index is 14.5. The molecular formula is C26H23FN2O4S. The average Bonchev–Trinajstić information content (AvgIpc) is 2.93. The number of hydrogen-bond donors (Lipinski definition) is 0. The Morgan fingerprint density at radius 1 is 0.882 bits per heavy atom. The highest BCUT2D eigenvalue weighted by atomic mass is 32.2. The number of carbonyl (C=O) groups is 2. The quantitative estimate of drug-likeness (QED) is 0.558. The number of anilines is 1. The van der Waals surface area contributed by atoms with Crippen LogP contribution in [0.25, 0.3) is 0 Å². The van der Waals surface area contributed by atoms with Gasteiger partial charge in [-0.25, -0.2) is 12.8 Å². The van der Waals surface area contributed by atoms with Crippen LogP contribution < -0.4 is 4.90 Å². The summed E-state index contributed by atoms with van der Waals surface area (Å²) in [7, 11) is -4.05. The molecule has 2 aliphatic heterocycles. The van der Waals surface area contributed by atoms with Gasteiger partial charge in [0.15, 0.2) is 0 Å². The van der Waals surface area contributed by atoms with E-state index >= 15 is 0 Å². The van der Waals surface area contributed by atoms with Crippen molar-refractivity contribution in [3.05, 3.63) is 89.2 Å². The number of nitrogens with zero attached hydrogens (tertiary/aromatic N) is 2. The number of likely N-dealkylation sites (tertiary alicyclic amines) is 1. The van der Waals surface area contributed by atoms with Crippen molar-refractivity contribution < 1.29 is 22.4 Å². The minimum atomic E-state index is -4.05. The van der Waals surface area contributed by atoms with Gasteiger partial charge in [0.2, 0.25) is 9.84 Å². The molecule has 0 atom stereocenters. The summed E-state index contributed by atoms with van der Waals surface area (Å²) in [6.45, 7) is 1.10. The lowest BCUT2D eigenvalue weighted by Gasteiger charge is -2.28. The summed E-state index contributed by atoms with van der Waals surface area (Å²) in [4.78, 5) is 29.6. The molecule has 3 aromatic carbocycles. The van der Waals surface area contributed by atoms with Crippen molar-refractivity contribution in [1.82, 2.24) is 4.90 Å². The number of fused-ring (bicyclic) bond motifs is 2. The first-order chi connectivity index (χ1) is 16.4. The van der Waals surface area contributed by atoms with E-state index in [0.717, 1.165) is 19.3 Å². The van der Waals surface area contributed by atoms with E-state index in [4.69, 9.17) is 0 Å². The fourth-order valence-corrected chi connectivity index (χ4v) is 6.20. The topological polar surface area (TPSA) is 74.8 Å². The summed E-state index contributed by atoms with van der Waals surface area (Å²) in [6, 6.07) is 16.4. The lowest BCUT2D eigenvalue weighted by Crippen LogP contribution is -2.36. The average molecular weight is 479 g/mol. The van der Waals surface area contributed by atoms with Gasteiger partial charge in [0, 0.05) is 24.2 Å². The largest absolute Gasteiger partial charge is 0.339 e. The highest BCUT2D eigenvalue weighted by molar-refractivity contribution is 7.91. The van der Waals surface area contributed by atoms with Gasteiger partial charge in [-0.3, -0.25) is 9.59 Å². The highest BCUT2D eigenvalue weighted by Gasteiger charge is 2.36. The zero-order chi connectivity index (χ0) is 23.9. The summed E-state index contributed by atoms with van der Waals surface area (Å²) in [5.74, 6) is -1.28. The summed E-state index contributed by atoms with van der Waals surface area (Å²) >= 11 is 0. The van der Waals surface area contributed by atoms with E-state index in [1.54, 1.807) is 35.2 Å². The molecule has 1 saturated heterocycles. The molecule has 174 valence electrons. The lowest BCUT2D eigenvalue weighted by atomic mass is 10.1. The predicted octanol–water partition coefficient (Wildman–Crippen LogP) is 4.45. The van der Waals surface area contributed by atoms with Crippen molar-refractivity contribution >= 4 is 27.3 Å². The van der Waals surface area contributed by atoms with Gasteiger partial charge in [-0.05, 0) is 55.7 Å². The van der Waals surface area contributed by atoms with Gasteiger partial charge in [0.25, 0.3) is 11.8 Å². The molecule has 0 aliphatic carbocycles. The maximum absolute atomic E-state index is 14.5. The molecule has 0 aromatic heterocycles. The fourth-order valence-electron chi connectivity index (χ4n) is 4.57. The van der Waals surface area contributed by atoms with Gasteiger partial charge >= 0.3 is 0 Å². The molecule has 3 aromatic rings. The van der Waals surface area contributed by atoms with Gasteiger partial charge in [0.1, 0.15) is 5.82 Å². The van der Waals surface area contributed by atoms with Crippen LogP contribution in [0.5, 0.6) is 0 Å². The van der Waals surface area contributed by atoms with Crippen molar-refractivity contribution in [3.8, 4) is 0 Å². The van der Waals surface area contributed by atoms with Gasteiger partial charge in [0.05, 0.1) is 27.6 Å². The maximum Gasteiger partial charge on any atom is 0.259 e. The molecule has 0 bridgehead atoms. The summed E-state index contributed by atoms with van der Waals surface area (Å²) in [5.41, 5.74) is 0.630. The molecule has 2 amide bonds. The fraction of sp³-hybridized carbons (Fsp3) is 0.231. The molecule has 34 heavy (non-hydrogen) atoms. The van der Waals surface area contributed by atoms with Crippen LogP contribution in [0.4, 0.5) is 10.1 Å². The zero-order valence-electron chi connectivity index (χ0n) is 18.4. The first-order valence-electron chi connectivity index (χ1n) is 11.2. The SMILES string of the molecule is O=C(c1ccc2c(c1)N(Cc1ccccc1F)C(=O)c1ccccc1S2(=O)=O)N1CCCCC1. The Balaban J connectivity index is 1.68. The smallest absolute Gasteiger partial charge is 0.259 e. The van der Waals surface area contributed by atoms with Crippen LogP contribution in [0, 0.1) is 5.82 Å². The van der Waals surface area contributed by atoms with Crippen LogP contribution in [0.1, 0.15) is 45.5 Å². The van der Waals surface area contributed by atoms with Crippen LogP contribution in [0.3, 0.4) is 0 Å². The lowest BCUT2D eigenvalue weighted by molar-refractivity contribution is 0.0724. The number of halogens is 1. The number of hydrogen-bond acceptors (Lipinski definition) is 4. The number of amides is 2. The van der Waals surface area contributed by atoms with Gasteiger partial charge < -0.3 is 9.80 Å². The summed E-state index contributed by atoms with van der Waals surface area (Å²) < 4.78 is 41.7. The predicted molar refractivity (Wildman–Crippen MR) is 125 cm³/mol. The summed E-state index contributed by atoms with van der Waals surface area (Å²) in [5, 5.41) is 0. The van der Waals surface area contributed by atoms with Crippen molar-refractivity contribution in [2.75, 3.05) is 18.0 Å². The number of sulfone groups is 1. The van der Waals surface area contributed by atoms with E-state index in [9.17, 15) is 22.4 Å². The first kappa shape index (κ1) is 22.3. The normalized spacial score (nSPS) is 17.0. The van der Waals surface area contributed by atoms with E-state index < -0.39 is 21.6 Å². The van der Waals surface area contributed by atoms with E-state index in [0.29, 0.717) is 18.7 Å². The minimum Gasteiger partial charge on any atom is -0.339 e. The van der Waals surface area contributed by atoms with Crippen molar-refractivity contribution in [3.63, 3.8) is 0 Å². The second-order valence-electron chi connectivity index (χ2n) is 8.52. The molecule has 0 saturated carbocycles. The third kappa shape index (κ3) is 3.77. The van der Waals surface area contributed by atoms with Crippen molar-refractivity contribution in [1.29, 1.82) is 0 Å². The molecule has 2 aliphatic rings. The molecular weight excluding hydrogens is 455 g/mol. The summed E-state index contributed by atoms with van der Waals surface area (Å²) in [6.07, 6.45) is 2.89. The molecule has 0 unspecified atom stereocenters. The third-order valence-corrected chi connectivity index (χ3v) is 8.23. The van der Waals surface area contributed by atoms with Crippen LogP contribution in [-0.2, 0) is 16.4 Å². The Labute approximate surface area is 197 Å². The molecule has 0 radical (unpaired) electrons. The van der Waals surface area contributed by atoms with Gasteiger partial charge in [-0.2, -0.15) is 0 Å². The highest BCUT2D eigenvalue weighted by Crippen LogP contribution is 2.38. The molecule has 6 nitrogen and oxygen atoms in total. The zero-order valence-corrected chi connectivity index (χ0v) is 19.2. The van der Waals surface area contributed by atoms with E-state index in [1.807, 2.05) is 0 Å². The Hall–Kier alpha value is -3.52. The van der Waals surface area contributed by atoms with E-state index in [-0.39, 0.29) is 39.1 Å². The number of carbonyl (C=O) groups excluding carboxylic acids is 2. The first-order valence-corrected chi connectivity index (χ1v) is 12.7. The Bertz CT molecular complexity index is 1400. The Morgan fingerprint density at radius 3 is 2.35 bits per heavy atom. The van der Waals surface area contributed by atoms with Crippen LogP contribution in [0.15, 0.2) is 76.5 Å². The van der Waals surface area contributed by atoms with Crippen LogP contribution in [0.2, 0.25) is 0 Å². The second-order valence-corrected chi connectivity index (χ2v) is 10.4. The Morgan fingerprint density at radius 2 is 1.59 bits per heavy atom. The second kappa shape index (κ2) is 8.68. The van der Waals surface area contributed by atoms with Gasteiger partial charge in [-0.15, -0.1) is 0 Å². The van der Waals surface area contributed by atoms with Gasteiger partial charge in [-0.1, -0.05) is 30.3 Å². The Kier molecular flexibility index (Phi) is 5.69. The molecule has 0 spiro atoms. The number of piperidine rings is 1. The molecule has 1 fully saturated rings. The minimum absolute atomic E-state index is 0.0129. The molecule has 0 N–H and O–H groups in total. The number of benzene rings is 3.